The number of methoxy groups -OCH3 is 1. The highest BCUT2D eigenvalue weighted by atomic mass is 35.5. The molecular formula is C13H15ClN2O3S2. The minimum atomic E-state index is -3.71. The van der Waals surface area contributed by atoms with Crippen molar-refractivity contribution in [2.24, 2.45) is 0 Å². The Morgan fingerprint density at radius 3 is 2.86 bits per heavy atom. The third-order valence-electron chi connectivity index (χ3n) is 2.81. The first-order chi connectivity index (χ1) is 10.1. The summed E-state index contributed by atoms with van der Waals surface area (Å²) in [7, 11) is -2.18. The number of hydrogen-bond acceptors (Lipinski definition) is 5. The molecule has 0 saturated heterocycles. The zero-order valence-electron chi connectivity index (χ0n) is 11.4. The number of hydrogen-bond donors (Lipinski definition) is 0. The fourth-order valence-corrected chi connectivity index (χ4v) is 4.36. The summed E-state index contributed by atoms with van der Waals surface area (Å²) in [5.41, 5.74) is 0. The number of sulfonamides is 1. The second-order valence-corrected chi connectivity index (χ2v) is 7.56. The molecule has 21 heavy (non-hydrogen) atoms. The monoisotopic (exact) mass is 346 g/mol. The van der Waals surface area contributed by atoms with Gasteiger partial charge >= 0.3 is 0 Å². The average Bonchev–Trinajstić information content (AvgIpc) is 2.96. The van der Waals surface area contributed by atoms with Gasteiger partial charge in [-0.25, -0.2) is 8.42 Å². The quantitative estimate of drug-likeness (QED) is 0.773. The van der Waals surface area contributed by atoms with Crippen LogP contribution in [0.15, 0.2) is 40.9 Å². The van der Waals surface area contributed by atoms with E-state index in [2.05, 4.69) is 4.98 Å². The molecule has 0 aliphatic heterocycles. The Morgan fingerprint density at radius 1 is 1.43 bits per heavy atom. The van der Waals surface area contributed by atoms with Crippen LogP contribution in [0.4, 0.5) is 0 Å². The zero-order chi connectivity index (χ0) is 15.3. The van der Waals surface area contributed by atoms with Crippen molar-refractivity contribution in [2.75, 3.05) is 20.3 Å². The Kier molecular flexibility index (Phi) is 5.72. The molecule has 0 radical (unpaired) electrons. The second kappa shape index (κ2) is 7.33. The van der Waals surface area contributed by atoms with Gasteiger partial charge in [0.15, 0.2) is 0 Å². The lowest BCUT2D eigenvalue weighted by atomic mass is 10.4. The Balaban J connectivity index is 2.32. The standard InChI is InChI=1S/C13H15ClN2O3S2/c1-19-7-6-16(10-11-3-2-8-20-11)21(17,18)13-9-15-5-4-12(13)14/h2-5,8-9H,6-7,10H2,1H3. The molecule has 0 saturated carbocycles. The number of ether oxygens (including phenoxy) is 1. The highest BCUT2D eigenvalue weighted by molar-refractivity contribution is 7.89. The highest BCUT2D eigenvalue weighted by Gasteiger charge is 2.27. The summed E-state index contributed by atoms with van der Waals surface area (Å²) in [6.07, 6.45) is 2.73. The lowest BCUT2D eigenvalue weighted by Gasteiger charge is -2.21. The van der Waals surface area contributed by atoms with Gasteiger partial charge in [0.2, 0.25) is 10.0 Å². The topological polar surface area (TPSA) is 59.5 Å². The molecule has 0 bridgehead atoms. The Labute approximate surface area is 133 Å². The minimum absolute atomic E-state index is 0.0133. The lowest BCUT2D eigenvalue weighted by molar-refractivity contribution is 0.177. The molecule has 0 atom stereocenters. The van der Waals surface area contributed by atoms with Crippen molar-refractivity contribution in [1.29, 1.82) is 0 Å². The van der Waals surface area contributed by atoms with E-state index in [0.29, 0.717) is 6.61 Å². The smallest absolute Gasteiger partial charge is 0.246 e. The molecule has 0 N–H and O–H groups in total. The van der Waals surface area contributed by atoms with Gasteiger partial charge in [-0.1, -0.05) is 17.7 Å². The number of thiophene rings is 1. The van der Waals surface area contributed by atoms with Crippen LogP contribution in [-0.2, 0) is 21.3 Å². The van der Waals surface area contributed by atoms with E-state index in [1.807, 2.05) is 17.5 Å². The number of rotatable bonds is 7. The van der Waals surface area contributed by atoms with Gasteiger partial charge in [0.05, 0.1) is 11.6 Å². The molecule has 5 nitrogen and oxygen atoms in total. The molecule has 0 amide bonds. The van der Waals surface area contributed by atoms with Crippen LogP contribution in [-0.4, -0.2) is 38.0 Å². The predicted octanol–water partition coefficient (Wildman–Crippen LogP) is 2.63. The van der Waals surface area contributed by atoms with Gasteiger partial charge in [0.25, 0.3) is 0 Å². The summed E-state index contributed by atoms with van der Waals surface area (Å²) >= 11 is 7.50. The van der Waals surface area contributed by atoms with E-state index >= 15 is 0 Å². The molecule has 2 aromatic heterocycles. The van der Waals surface area contributed by atoms with Crippen molar-refractivity contribution in [3.05, 3.63) is 45.9 Å². The first-order valence-corrected chi connectivity index (χ1v) is 8.86. The molecule has 0 spiro atoms. The maximum absolute atomic E-state index is 12.7. The largest absolute Gasteiger partial charge is 0.383 e. The number of nitrogens with zero attached hydrogens (tertiary/aromatic N) is 2. The van der Waals surface area contributed by atoms with Crippen molar-refractivity contribution in [2.45, 2.75) is 11.4 Å². The summed E-state index contributed by atoms with van der Waals surface area (Å²) in [5.74, 6) is 0. The first kappa shape index (κ1) is 16.4. The van der Waals surface area contributed by atoms with E-state index in [0.717, 1.165) is 4.88 Å². The van der Waals surface area contributed by atoms with Crippen LogP contribution < -0.4 is 0 Å². The van der Waals surface area contributed by atoms with Crippen molar-refractivity contribution >= 4 is 33.0 Å². The van der Waals surface area contributed by atoms with E-state index in [-0.39, 0.29) is 23.0 Å². The molecule has 2 aromatic rings. The SMILES string of the molecule is COCCN(Cc1cccs1)S(=O)(=O)c1cnccc1Cl. The summed E-state index contributed by atoms with van der Waals surface area (Å²) in [4.78, 5) is 4.82. The normalized spacial score (nSPS) is 12.0. The molecule has 114 valence electrons. The maximum Gasteiger partial charge on any atom is 0.246 e. The van der Waals surface area contributed by atoms with E-state index in [4.69, 9.17) is 16.3 Å². The number of aromatic nitrogens is 1. The summed E-state index contributed by atoms with van der Waals surface area (Å²) < 4.78 is 31.8. The van der Waals surface area contributed by atoms with Gasteiger partial charge in [0, 0.05) is 37.5 Å². The van der Waals surface area contributed by atoms with Crippen molar-refractivity contribution in [3.63, 3.8) is 0 Å². The Hall–Kier alpha value is -0.990. The molecule has 2 rings (SSSR count). The van der Waals surface area contributed by atoms with Crippen LogP contribution in [0.5, 0.6) is 0 Å². The predicted molar refractivity (Wildman–Crippen MR) is 83.0 cm³/mol. The Bertz CT molecular complexity index is 674. The van der Waals surface area contributed by atoms with Crippen LogP contribution in [0.2, 0.25) is 5.02 Å². The first-order valence-electron chi connectivity index (χ1n) is 6.16. The van der Waals surface area contributed by atoms with Crippen LogP contribution in [0.3, 0.4) is 0 Å². The molecule has 0 fully saturated rings. The van der Waals surface area contributed by atoms with E-state index < -0.39 is 10.0 Å². The lowest BCUT2D eigenvalue weighted by Crippen LogP contribution is -2.33. The van der Waals surface area contributed by atoms with Crippen LogP contribution in [0.1, 0.15) is 4.88 Å². The summed E-state index contributed by atoms with van der Waals surface area (Å²) in [5, 5.41) is 2.08. The molecule has 0 aromatic carbocycles. The second-order valence-electron chi connectivity index (χ2n) is 4.22. The number of halogens is 1. The van der Waals surface area contributed by atoms with Gasteiger partial charge < -0.3 is 4.74 Å². The maximum atomic E-state index is 12.7. The van der Waals surface area contributed by atoms with Gasteiger partial charge in [-0.2, -0.15) is 4.31 Å². The van der Waals surface area contributed by atoms with Gasteiger partial charge in [0.1, 0.15) is 4.90 Å². The molecular weight excluding hydrogens is 332 g/mol. The third kappa shape index (κ3) is 4.02. The molecule has 0 aliphatic rings. The van der Waals surface area contributed by atoms with E-state index in [1.165, 1.54) is 41.2 Å². The van der Waals surface area contributed by atoms with Crippen molar-refractivity contribution in [3.8, 4) is 0 Å². The van der Waals surface area contributed by atoms with Crippen molar-refractivity contribution in [1.82, 2.24) is 9.29 Å². The minimum Gasteiger partial charge on any atom is -0.383 e. The van der Waals surface area contributed by atoms with Gasteiger partial charge in [-0.05, 0) is 17.5 Å². The average molecular weight is 347 g/mol. The van der Waals surface area contributed by atoms with Crippen LogP contribution in [0, 0.1) is 0 Å². The third-order valence-corrected chi connectivity index (χ3v) is 5.98. The summed E-state index contributed by atoms with van der Waals surface area (Å²) in [6, 6.07) is 5.25. The van der Waals surface area contributed by atoms with Crippen LogP contribution in [0.25, 0.3) is 0 Å². The molecule has 0 unspecified atom stereocenters. The van der Waals surface area contributed by atoms with E-state index in [1.54, 1.807) is 0 Å². The molecule has 2 heterocycles. The fraction of sp³-hybridized carbons (Fsp3) is 0.308. The van der Waals surface area contributed by atoms with Crippen molar-refractivity contribution < 1.29 is 13.2 Å². The Morgan fingerprint density at radius 2 is 2.24 bits per heavy atom. The van der Waals surface area contributed by atoms with Gasteiger partial charge in [-0.3, -0.25) is 4.98 Å². The molecule has 8 heteroatoms. The zero-order valence-corrected chi connectivity index (χ0v) is 13.8. The summed E-state index contributed by atoms with van der Waals surface area (Å²) in [6.45, 7) is 0.846. The highest BCUT2D eigenvalue weighted by Crippen LogP contribution is 2.25. The number of pyridine rings is 1. The van der Waals surface area contributed by atoms with Gasteiger partial charge in [-0.15, -0.1) is 11.3 Å². The van der Waals surface area contributed by atoms with Crippen LogP contribution >= 0.6 is 22.9 Å². The van der Waals surface area contributed by atoms with E-state index in [9.17, 15) is 8.42 Å². The fourth-order valence-electron chi connectivity index (χ4n) is 1.75. The molecule has 0 aliphatic carbocycles.